The second-order valence-electron chi connectivity index (χ2n) is 5.65. The van der Waals surface area contributed by atoms with E-state index in [0.717, 1.165) is 18.3 Å². The molecule has 1 amide bonds. The molecule has 2 fully saturated rings. The van der Waals surface area contributed by atoms with E-state index in [9.17, 15) is 4.79 Å². The topological polar surface area (TPSA) is 29.1 Å². The van der Waals surface area contributed by atoms with Crippen molar-refractivity contribution in [1.29, 1.82) is 0 Å². The summed E-state index contributed by atoms with van der Waals surface area (Å²) in [6.45, 7) is 6.83. The Bertz CT molecular complexity index is 249. The van der Waals surface area contributed by atoms with Crippen molar-refractivity contribution in [2.24, 2.45) is 17.8 Å². The molecular weight excluding hydrogens is 174 g/mol. The lowest BCUT2D eigenvalue weighted by Gasteiger charge is -2.40. The Balaban J connectivity index is 2.08. The lowest BCUT2D eigenvalue weighted by Crippen LogP contribution is -2.46. The SMILES string of the molecule is CC(C)C1CCC2(C)NC(=O)CC2C1. The summed E-state index contributed by atoms with van der Waals surface area (Å²) in [6.07, 6.45) is 4.46. The van der Waals surface area contributed by atoms with Crippen LogP contribution in [0.25, 0.3) is 0 Å². The average Bonchev–Trinajstić information content (AvgIpc) is 2.37. The first kappa shape index (κ1) is 10.0. The zero-order chi connectivity index (χ0) is 10.3. The molecule has 2 heteroatoms. The van der Waals surface area contributed by atoms with Crippen molar-refractivity contribution < 1.29 is 4.79 Å². The first-order valence-corrected chi connectivity index (χ1v) is 5.82. The molecule has 2 aliphatic rings. The number of nitrogens with one attached hydrogen (secondary N) is 1. The number of fused-ring (bicyclic) bond motifs is 1. The summed E-state index contributed by atoms with van der Waals surface area (Å²) < 4.78 is 0. The summed E-state index contributed by atoms with van der Waals surface area (Å²) in [4.78, 5) is 11.4. The Morgan fingerprint density at radius 3 is 2.86 bits per heavy atom. The van der Waals surface area contributed by atoms with Crippen LogP contribution in [0.3, 0.4) is 0 Å². The molecule has 80 valence electrons. The minimum absolute atomic E-state index is 0.127. The van der Waals surface area contributed by atoms with E-state index in [0.29, 0.717) is 5.92 Å². The van der Waals surface area contributed by atoms with Crippen molar-refractivity contribution in [2.75, 3.05) is 0 Å². The van der Waals surface area contributed by atoms with Gasteiger partial charge in [0, 0.05) is 12.0 Å². The van der Waals surface area contributed by atoms with E-state index in [1.165, 1.54) is 19.3 Å². The van der Waals surface area contributed by atoms with Crippen molar-refractivity contribution in [3.05, 3.63) is 0 Å². The molecule has 1 aliphatic carbocycles. The van der Waals surface area contributed by atoms with Gasteiger partial charge in [-0.2, -0.15) is 0 Å². The van der Waals surface area contributed by atoms with Gasteiger partial charge in [-0.3, -0.25) is 4.79 Å². The molecule has 0 bridgehead atoms. The maximum absolute atomic E-state index is 11.4. The molecule has 1 aliphatic heterocycles. The second-order valence-corrected chi connectivity index (χ2v) is 5.65. The third-order valence-corrected chi connectivity index (χ3v) is 4.32. The third kappa shape index (κ3) is 1.55. The van der Waals surface area contributed by atoms with Gasteiger partial charge in [0.25, 0.3) is 0 Å². The van der Waals surface area contributed by atoms with Crippen LogP contribution < -0.4 is 5.32 Å². The highest BCUT2D eigenvalue weighted by atomic mass is 16.2. The summed E-state index contributed by atoms with van der Waals surface area (Å²) in [7, 11) is 0. The Morgan fingerprint density at radius 1 is 1.50 bits per heavy atom. The first-order valence-electron chi connectivity index (χ1n) is 5.82. The fraction of sp³-hybridized carbons (Fsp3) is 0.917. The molecule has 2 nitrogen and oxygen atoms in total. The normalized spacial score (nSPS) is 42.4. The van der Waals surface area contributed by atoms with Gasteiger partial charge in [-0.25, -0.2) is 0 Å². The minimum Gasteiger partial charge on any atom is -0.351 e. The van der Waals surface area contributed by atoms with E-state index in [1.807, 2.05) is 0 Å². The number of rotatable bonds is 1. The Hall–Kier alpha value is -0.530. The van der Waals surface area contributed by atoms with Crippen LogP contribution in [0.15, 0.2) is 0 Å². The molecule has 14 heavy (non-hydrogen) atoms. The van der Waals surface area contributed by atoms with Gasteiger partial charge >= 0.3 is 0 Å². The van der Waals surface area contributed by atoms with Crippen molar-refractivity contribution >= 4 is 5.91 Å². The van der Waals surface area contributed by atoms with Crippen LogP contribution in [-0.2, 0) is 4.79 Å². The van der Waals surface area contributed by atoms with Crippen molar-refractivity contribution in [1.82, 2.24) is 5.32 Å². The lowest BCUT2D eigenvalue weighted by atomic mass is 9.68. The average molecular weight is 195 g/mol. The molecule has 2 rings (SSSR count). The Labute approximate surface area is 86.5 Å². The fourth-order valence-electron chi connectivity index (χ4n) is 3.10. The quantitative estimate of drug-likeness (QED) is 0.683. The van der Waals surface area contributed by atoms with E-state index >= 15 is 0 Å². The molecule has 0 aromatic heterocycles. The highest BCUT2D eigenvalue weighted by Gasteiger charge is 2.46. The van der Waals surface area contributed by atoms with E-state index in [2.05, 4.69) is 26.1 Å². The number of hydrogen-bond acceptors (Lipinski definition) is 1. The van der Waals surface area contributed by atoms with Crippen molar-refractivity contribution in [2.45, 2.75) is 52.0 Å². The number of carbonyl (C=O) groups is 1. The molecular formula is C12H21NO. The van der Waals surface area contributed by atoms with Gasteiger partial charge in [-0.05, 0) is 43.9 Å². The monoisotopic (exact) mass is 195 g/mol. The summed E-state index contributed by atoms with van der Waals surface area (Å²) in [5.41, 5.74) is 0.127. The van der Waals surface area contributed by atoms with Crippen molar-refractivity contribution in [3.8, 4) is 0 Å². The van der Waals surface area contributed by atoms with Crippen molar-refractivity contribution in [3.63, 3.8) is 0 Å². The van der Waals surface area contributed by atoms with Crippen LogP contribution in [0.5, 0.6) is 0 Å². The molecule has 0 aromatic rings. The van der Waals surface area contributed by atoms with Crippen LogP contribution in [0, 0.1) is 17.8 Å². The molecule has 1 saturated carbocycles. The lowest BCUT2D eigenvalue weighted by molar-refractivity contribution is -0.119. The highest BCUT2D eigenvalue weighted by molar-refractivity contribution is 5.80. The zero-order valence-electron chi connectivity index (χ0n) is 9.47. The largest absolute Gasteiger partial charge is 0.351 e. The zero-order valence-corrected chi connectivity index (χ0v) is 9.47. The van der Waals surface area contributed by atoms with Gasteiger partial charge in [0.15, 0.2) is 0 Å². The maximum atomic E-state index is 11.4. The van der Waals surface area contributed by atoms with Crippen LogP contribution >= 0.6 is 0 Å². The first-order chi connectivity index (χ1) is 6.51. The predicted octanol–water partition coefficient (Wildman–Crippen LogP) is 2.34. The van der Waals surface area contributed by atoms with Gasteiger partial charge in [0.2, 0.25) is 5.91 Å². The van der Waals surface area contributed by atoms with E-state index in [-0.39, 0.29) is 11.4 Å². The smallest absolute Gasteiger partial charge is 0.220 e. The molecule has 0 radical (unpaired) electrons. The van der Waals surface area contributed by atoms with Gasteiger partial charge in [0.1, 0.15) is 0 Å². The molecule has 3 unspecified atom stereocenters. The van der Waals surface area contributed by atoms with Gasteiger partial charge in [-0.1, -0.05) is 13.8 Å². The molecule has 1 saturated heterocycles. The van der Waals surface area contributed by atoms with E-state index in [1.54, 1.807) is 0 Å². The van der Waals surface area contributed by atoms with Crippen LogP contribution in [0.4, 0.5) is 0 Å². The van der Waals surface area contributed by atoms with E-state index in [4.69, 9.17) is 0 Å². The number of amides is 1. The fourth-order valence-corrected chi connectivity index (χ4v) is 3.10. The summed E-state index contributed by atoms with van der Waals surface area (Å²) in [5.74, 6) is 2.47. The number of carbonyl (C=O) groups excluding carboxylic acids is 1. The molecule has 1 N–H and O–H groups in total. The van der Waals surface area contributed by atoms with Gasteiger partial charge in [0.05, 0.1) is 0 Å². The maximum Gasteiger partial charge on any atom is 0.220 e. The van der Waals surface area contributed by atoms with Crippen LogP contribution in [0.1, 0.15) is 46.5 Å². The van der Waals surface area contributed by atoms with Gasteiger partial charge < -0.3 is 5.32 Å². The summed E-state index contributed by atoms with van der Waals surface area (Å²) in [6, 6.07) is 0. The predicted molar refractivity (Wildman–Crippen MR) is 56.8 cm³/mol. The Morgan fingerprint density at radius 2 is 2.21 bits per heavy atom. The van der Waals surface area contributed by atoms with Crippen LogP contribution in [0.2, 0.25) is 0 Å². The minimum atomic E-state index is 0.127. The third-order valence-electron chi connectivity index (χ3n) is 4.32. The molecule has 0 spiro atoms. The highest BCUT2D eigenvalue weighted by Crippen LogP contribution is 2.44. The molecule has 3 atom stereocenters. The summed E-state index contributed by atoms with van der Waals surface area (Å²) >= 11 is 0. The van der Waals surface area contributed by atoms with Crippen LogP contribution in [-0.4, -0.2) is 11.4 Å². The standard InChI is InChI=1S/C12H21NO/c1-8(2)9-4-5-12(3)10(6-9)7-11(14)13-12/h8-10H,4-7H2,1-3H3,(H,13,14). The van der Waals surface area contributed by atoms with E-state index < -0.39 is 0 Å². The summed E-state index contributed by atoms with van der Waals surface area (Å²) in [5, 5.41) is 3.15. The molecule has 0 aromatic carbocycles. The second kappa shape index (κ2) is 3.25. The van der Waals surface area contributed by atoms with Gasteiger partial charge in [-0.15, -0.1) is 0 Å². The molecule has 1 heterocycles. The number of hydrogen-bond donors (Lipinski definition) is 1. The Kier molecular flexibility index (Phi) is 2.32.